The third kappa shape index (κ3) is 2.58. The van der Waals surface area contributed by atoms with E-state index >= 15 is 0 Å². The summed E-state index contributed by atoms with van der Waals surface area (Å²) in [5.74, 6) is 0.498. The molecule has 0 aromatic rings. The average Bonchev–Trinajstić information content (AvgIpc) is 2.78. The Kier molecular flexibility index (Phi) is 4.04. The lowest BCUT2D eigenvalue weighted by molar-refractivity contribution is 0.236. The molecule has 2 heterocycles. The lowest BCUT2D eigenvalue weighted by atomic mass is 9.91. The number of rotatable bonds is 2. The van der Waals surface area contributed by atoms with Crippen LogP contribution in [0.3, 0.4) is 0 Å². The molecule has 2 unspecified atom stereocenters. The third-order valence-electron chi connectivity index (χ3n) is 4.21. The van der Waals surface area contributed by atoms with Crippen molar-refractivity contribution >= 4 is 10.0 Å². The Labute approximate surface area is 111 Å². The van der Waals surface area contributed by atoms with Crippen molar-refractivity contribution in [2.45, 2.75) is 57.2 Å². The van der Waals surface area contributed by atoms with Gasteiger partial charge in [0.05, 0.1) is 4.75 Å². The van der Waals surface area contributed by atoms with E-state index in [1.165, 1.54) is 6.42 Å². The summed E-state index contributed by atoms with van der Waals surface area (Å²) in [5.41, 5.74) is 0. The molecule has 106 valence electrons. The van der Waals surface area contributed by atoms with Gasteiger partial charge in [-0.25, -0.2) is 8.42 Å². The Bertz CT molecular complexity index is 380. The van der Waals surface area contributed by atoms with E-state index in [1.54, 1.807) is 25.1 Å². The summed E-state index contributed by atoms with van der Waals surface area (Å²) in [6, 6.07) is 0.224. The smallest absolute Gasteiger partial charge is 0.219 e. The highest BCUT2D eigenvalue weighted by Gasteiger charge is 2.44. The first-order chi connectivity index (χ1) is 8.34. The molecule has 1 N–H and O–H groups in total. The highest BCUT2D eigenvalue weighted by Crippen LogP contribution is 2.34. The van der Waals surface area contributed by atoms with Gasteiger partial charge in [0.15, 0.2) is 0 Å². The Morgan fingerprint density at radius 3 is 2.44 bits per heavy atom. The molecule has 4 nitrogen and oxygen atoms in total. The predicted octanol–water partition coefficient (Wildman–Crippen LogP) is 1.58. The number of piperidine rings is 1. The maximum absolute atomic E-state index is 12.6. The van der Waals surface area contributed by atoms with Crippen LogP contribution in [0.4, 0.5) is 0 Å². The summed E-state index contributed by atoms with van der Waals surface area (Å²) < 4.78 is 26.3. The second-order valence-corrected chi connectivity index (χ2v) is 9.19. The fourth-order valence-electron chi connectivity index (χ4n) is 3.09. The molecular formula is C13H26N2O2S. The summed E-state index contributed by atoms with van der Waals surface area (Å²) in [4.78, 5) is 0. The van der Waals surface area contributed by atoms with E-state index in [1.807, 2.05) is 0 Å². The van der Waals surface area contributed by atoms with Gasteiger partial charge in [0.1, 0.15) is 0 Å². The zero-order valence-corrected chi connectivity index (χ0v) is 12.6. The number of nitrogens with one attached hydrogen (secondary N) is 1. The molecular weight excluding hydrogens is 248 g/mol. The topological polar surface area (TPSA) is 49.4 Å². The van der Waals surface area contributed by atoms with Gasteiger partial charge in [0.2, 0.25) is 10.0 Å². The van der Waals surface area contributed by atoms with Gasteiger partial charge in [-0.1, -0.05) is 0 Å². The second kappa shape index (κ2) is 5.10. The Hall–Kier alpha value is -0.130. The van der Waals surface area contributed by atoms with Crippen molar-refractivity contribution in [3.63, 3.8) is 0 Å². The lowest BCUT2D eigenvalue weighted by Crippen LogP contribution is -2.50. The van der Waals surface area contributed by atoms with Crippen LogP contribution in [0.5, 0.6) is 0 Å². The maximum atomic E-state index is 12.6. The second-order valence-electron chi connectivity index (χ2n) is 6.54. The van der Waals surface area contributed by atoms with Gasteiger partial charge in [0.25, 0.3) is 0 Å². The standard InChI is InChI=1S/C13H26N2O2S/c1-13(2,3)18(16,17)15-9-5-7-12(15)11-6-4-8-14-10-11/h11-12,14H,4-10H2,1-3H3. The molecule has 5 heteroatoms. The highest BCUT2D eigenvalue weighted by molar-refractivity contribution is 7.90. The Morgan fingerprint density at radius 2 is 1.89 bits per heavy atom. The highest BCUT2D eigenvalue weighted by atomic mass is 32.2. The van der Waals surface area contributed by atoms with Crippen LogP contribution in [-0.4, -0.2) is 43.1 Å². The van der Waals surface area contributed by atoms with Gasteiger partial charge in [-0.2, -0.15) is 4.31 Å². The Morgan fingerprint density at radius 1 is 1.17 bits per heavy atom. The van der Waals surface area contributed by atoms with Gasteiger partial charge in [0, 0.05) is 12.6 Å². The van der Waals surface area contributed by atoms with Gasteiger partial charge in [-0.3, -0.25) is 0 Å². The summed E-state index contributed by atoms with van der Waals surface area (Å²) in [6.07, 6.45) is 4.37. The van der Waals surface area contributed by atoms with Crippen molar-refractivity contribution in [1.29, 1.82) is 0 Å². The van der Waals surface area contributed by atoms with Crippen molar-refractivity contribution in [3.8, 4) is 0 Å². The number of hydrogen-bond donors (Lipinski definition) is 1. The van der Waals surface area contributed by atoms with Crippen molar-refractivity contribution < 1.29 is 8.42 Å². The molecule has 2 rings (SSSR count). The average molecular weight is 274 g/mol. The summed E-state index contributed by atoms with van der Waals surface area (Å²) >= 11 is 0. The van der Waals surface area contributed by atoms with Crippen LogP contribution >= 0.6 is 0 Å². The van der Waals surface area contributed by atoms with E-state index in [9.17, 15) is 8.42 Å². The fraction of sp³-hybridized carbons (Fsp3) is 1.00. The summed E-state index contributed by atoms with van der Waals surface area (Å²) in [5, 5.41) is 3.40. The van der Waals surface area contributed by atoms with E-state index in [0.29, 0.717) is 12.5 Å². The van der Waals surface area contributed by atoms with Crippen molar-refractivity contribution in [2.24, 2.45) is 5.92 Å². The Balaban J connectivity index is 2.17. The molecule has 0 saturated carbocycles. The van der Waals surface area contributed by atoms with Gasteiger partial charge in [-0.15, -0.1) is 0 Å². The van der Waals surface area contributed by atoms with Gasteiger partial charge in [-0.05, 0) is 65.5 Å². The molecule has 0 aromatic heterocycles. The first kappa shape index (κ1) is 14.3. The lowest BCUT2D eigenvalue weighted by Gasteiger charge is -2.36. The normalized spacial score (nSPS) is 31.7. The molecule has 0 aliphatic carbocycles. The molecule has 2 atom stereocenters. The molecule has 0 spiro atoms. The number of sulfonamides is 1. The zero-order valence-electron chi connectivity index (χ0n) is 11.8. The number of hydrogen-bond acceptors (Lipinski definition) is 3. The molecule has 2 aliphatic rings. The van der Waals surface area contributed by atoms with Gasteiger partial charge < -0.3 is 5.32 Å². The van der Waals surface area contributed by atoms with E-state index in [4.69, 9.17) is 0 Å². The van der Waals surface area contributed by atoms with E-state index in [2.05, 4.69) is 5.32 Å². The van der Waals surface area contributed by atoms with Crippen LogP contribution in [0, 0.1) is 5.92 Å². The van der Waals surface area contributed by atoms with E-state index in [0.717, 1.165) is 32.4 Å². The number of nitrogens with zero attached hydrogens (tertiary/aromatic N) is 1. The summed E-state index contributed by atoms with van der Waals surface area (Å²) in [7, 11) is -3.17. The van der Waals surface area contributed by atoms with Crippen LogP contribution in [0.15, 0.2) is 0 Å². The van der Waals surface area contributed by atoms with Crippen molar-refractivity contribution in [3.05, 3.63) is 0 Å². The quantitative estimate of drug-likeness (QED) is 0.832. The van der Waals surface area contributed by atoms with Crippen molar-refractivity contribution in [1.82, 2.24) is 9.62 Å². The molecule has 18 heavy (non-hydrogen) atoms. The SMILES string of the molecule is CC(C)(C)S(=O)(=O)N1CCCC1C1CCCNC1. The summed E-state index contributed by atoms with van der Waals surface area (Å²) in [6.45, 7) is 8.17. The maximum Gasteiger partial charge on any atom is 0.219 e. The zero-order chi connectivity index (χ0) is 13.4. The first-order valence-electron chi connectivity index (χ1n) is 7.06. The fourth-order valence-corrected chi connectivity index (χ4v) is 4.80. The largest absolute Gasteiger partial charge is 0.316 e. The monoisotopic (exact) mass is 274 g/mol. The van der Waals surface area contributed by atoms with Crippen LogP contribution < -0.4 is 5.32 Å². The van der Waals surface area contributed by atoms with Crippen LogP contribution in [-0.2, 0) is 10.0 Å². The minimum Gasteiger partial charge on any atom is -0.316 e. The molecule has 0 radical (unpaired) electrons. The van der Waals surface area contributed by atoms with Crippen LogP contribution in [0.1, 0.15) is 46.5 Å². The first-order valence-corrected chi connectivity index (χ1v) is 8.50. The van der Waals surface area contributed by atoms with E-state index in [-0.39, 0.29) is 6.04 Å². The molecule has 2 saturated heterocycles. The molecule has 0 amide bonds. The molecule has 2 aliphatic heterocycles. The van der Waals surface area contributed by atoms with Crippen LogP contribution in [0.25, 0.3) is 0 Å². The molecule has 0 aromatic carbocycles. The van der Waals surface area contributed by atoms with Crippen LogP contribution in [0.2, 0.25) is 0 Å². The van der Waals surface area contributed by atoms with Gasteiger partial charge >= 0.3 is 0 Å². The third-order valence-corrected chi connectivity index (χ3v) is 6.83. The van der Waals surface area contributed by atoms with E-state index < -0.39 is 14.8 Å². The predicted molar refractivity (Wildman–Crippen MR) is 74.0 cm³/mol. The minimum absolute atomic E-state index is 0.224. The molecule has 0 bridgehead atoms. The molecule has 2 fully saturated rings. The minimum atomic E-state index is -3.17. The van der Waals surface area contributed by atoms with Crippen molar-refractivity contribution in [2.75, 3.05) is 19.6 Å².